The molecule has 2 N–H and O–H groups in total. The van der Waals surface area contributed by atoms with Gasteiger partial charge in [0, 0.05) is 24.7 Å². The summed E-state index contributed by atoms with van der Waals surface area (Å²) in [6.07, 6.45) is 11.1. The zero-order chi connectivity index (χ0) is 13.1. The molecule has 108 valence electrons. The summed E-state index contributed by atoms with van der Waals surface area (Å²) in [7, 11) is 0. The van der Waals surface area contributed by atoms with E-state index in [1.165, 1.54) is 45.2 Å². The van der Waals surface area contributed by atoms with E-state index in [0.29, 0.717) is 12.1 Å². The first kappa shape index (κ1) is 13.2. The normalized spacial score (nSPS) is 32.8. The number of nitrogens with one attached hydrogen (secondary N) is 2. The molecule has 2 aliphatic heterocycles. The third kappa shape index (κ3) is 3.41. The summed E-state index contributed by atoms with van der Waals surface area (Å²) >= 11 is 0. The zero-order valence-corrected chi connectivity index (χ0v) is 11.9. The predicted octanol–water partition coefficient (Wildman–Crippen LogP) is 2.25. The molecule has 3 rings (SSSR count). The Kier molecular flexibility index (Phi) is 4.26. The maximum atomic E-state index is 12.0. The van der Waals surface area contributed by atoms with Gasteiger partial charge in [-0.3, -0.25) is 0 Å². The minimum absolute atomic E-state index is 0.0725. The molecule has 2 atom stereocenters. The van der Waals surface area contributed by atoms with Gasteiger partial charge in [0.2, 0.25) is 0 Å². The lowest BCUT2D eigenvalue weighted by atomic mass is 9.95. The number of carbonyl (C=O) groups is 1. The first-order valence-electron chi connectivity index (χ1n) is 8.12. The summed E-state index contributed by atoms with van der Waals surface area (Å²) < 4.78 is 0. The first-order chi connectivity index (χ1) is 9.31. The van der Waals surface area contributed by atoms with Crippen LogP contribution in [0.4, 0.5) is 4.79 Å². The molecule has 2 heterocycles. The minimum Gasteiger partial charge on any atom is -0.335 e. The van der Waals surface area contributed by atoms with Crippen molar-refractivity contribution in [1.82, 2.24) is 15.5 Å². The lowest BCUT2D eigenvalue weighted by Gasteiger charge is -2.35. The molecule has 1 aliphatic carbocycles. The Morgan fingerprint density at radius 2 is 1.63 bits per heavy atom. The largest absolute Gasteiger partial charge is 0.335 e. The standard InChI is InChI=1S/C15H27N3O/c19-15(16-12-5-2-1-3-6-12)17-13-8-10-18-9-4-7-14(18)11-13/h12-14H,1-11H2,(H2,16,17,19). The van der Waals surface area contributed by atoms with Crippen molar-refractivity contribution in [2.75, 3.05) is 13.1 Å². The third-order valence-corrected chi connectivity index (χ3v) is 5.10. The highest BCUT2D eigenvalue weighted by Gasteiger charge is 2.32. The molecule has 19 heavy (non-hydrogen) atoms. The minimum atomic E-state index is 0.0725. The monoisotopic (exact) mass is 265 g/mol. The topological polar surface area (TPSA) is 44.4 Å². The van der Waals surface area contributed by atoms with Crippen molar-refractivity contribution in [3.05, 3.63) is 0 Å². The number of hydrogen-bond donors (Lipinski definition) is 2. The summed E-state index contributed by atoms with van der Waals surface area (Å²) in [5.41, 5.74) is 0. The highest BCUT2D eigenvalue weighted by atomic mass is 16.2. The van der Waals surface area contributed by atoms with Crippen LogP contribution in [0, 0.1) is 0 Å². The van der Waals surface area contributed by atoms with Crippen LogP contribution in [0.5, 0.6) is 0 Å². The van der Waals surface area contributed by atoms with E-state index >= 15 is 0 Å². The molecule has 0 aromatic carbocycles. The summed E-state index contributed by atoms with van der Waals surface area (Å²) in [5.74, 6) is 0. The van der Waals surface area contributed by atoms with Crippen molar-refractivity contribution in [1.29, 1.82) is 0 Å². The van der Waals surface area contributed by atoms with Gasteiger partial charge in [-0.25, -0.2) is 4.79 Å². The van der Waals surface area contributed by atoms with Crippen LogP contribution in [0.3, 0.4) is 0 Å². The van der Waals surface area contributed by atoms with Crippen LogP contribution >= 0.6 is 0 Å². The zero-order valence-electron chi connectivity index (χ0n) is 11.9. The van der Waals surface area contributed by atoms with E-state index in [9.17, 15) is 4.79 Å². The van der Waals surface area contributed by atoms with Gasteiger partial charge in [-0.15, -0.1) is 0 Å². The van der Waals surface area contributed by atoms with Crippen molar-refractivity contribution in [2.24, 2.45) is 0 Å². The number of amides is 2. The van der Waals surface area contributed by atoms with Crippen LogP contribution in [0.2, 0.25) is 0 Å². The lowest BCUT2D eigenvalue weighted by molar-refractivity contribution is 0.165. The third-order valence-electron chi connectivity index (χ3n) is 5.10. The fourth-order valence-corrected chi connectivity index (χ4v) is 4.01. The van der Waals surface area contributed by atoms with E-state index in [2.05, 4.69) is 15.5 Å². The molecule has 3 fully saturated rings. The fourth-order valence-electron chi connectivity index (χ4n) is 4.01. The SMILES string of the molecule is O=C(NC1CCCCC1)NC1CCN2CCCC2C1. The van der Waals surface area contributed by atoms with Gasteiger partial charge < -0.3 is 15.5 Å². The van der Waals surface area contributed by atoms with Gasteiger partial charge >= 0.3 is 6.03 Å². The van der Waals surface area contributed by atoms with Gasteiger partial charge in [-0.1, -0.05) is 19.3 Å². The average molecular weight is 265 g/mol. The molecule has 3 aliphatic rings. The molecule has 2 unspecified atom stereocenters. The molecule has 1 saturated carbocycles. The van der Waals surface area contributed by atoms with Crippen molar-refractivity contribution in [2.45, 2.75) is 75.9 Å². The van der Waals surface area contributed by atoms with Gasteiger partial charge in [0.1, 0.15) is 0 Å². The Balaban J connectivity index is 1.41. The van der Waals surface area contributed by atoms with E-state index in [4.69, 9.17) is 0 Å². The molecule has 0 radical (unpaired) electrons. The number of rotatable bonds is 2. The molecule has 4 heteroatoms. The maximum Gasteiger partial charge on any atom is 0.315 e. The molecule has 0 aromatic rings. The number of carbonyl (C=O) groups excluding carboxylic acids is 1. The fraction of sp³-hybridized carbons (Fsp3) is 0.933. The van der Waals surface area contributed by atoms with E-state index in [-0.39, 0.29) is 6.03 Å². The number of piperidine rings is 1. The van der Waals surface area contributed by atoms with E-state index in [1.54, 1.807) is 0 Å². The van der Waals surface area contributed by atoms with Gasteiger partial charge in [-0.05, 0) is 45.1 Å². The van der Waals surface area contributed by atoms with Crippen LogP contribution < -0.4 is 10.6 Å². The summed E-state index contributed by atoms with van der Waals surface area (Å²) in [4.78, 5) is 14.6. The quantitative estimate of drug-likeness (QED) is 0.804. The number of nitrogens with zero attached hydrogens (tertiary/aromatic N) is 1. The van der Waals surface area contributed by atoms with Crippen molar-refractivity contribution in [3.8, 4) is 0 Å². The van der Waals surface area contributed by atoms with Crippen molar-refractivity contribution in [3.63, 3.8) is 0 Å². The Bertz CT molecular complexity index is 315. The first-order valence-corrected chi connectivity index (χ1v) is 8.12. The Morgan fingerprint density at radius 3 is 2.47 bits per heavy atom. The summed E-state index contributed by atoms with van der Waals surface area (Å²) in [6, 6.07) is 1.61. The maximum absolute atomic E-state index is 12.0. The van der Waals surface area contributed by atoms with Crippen LogP contribution in [0.15, 0.2) is 0 Å². The molecule has 0 aromatic heterocycles. The summed E-state index contributed by atoms with van der Waals surface area (Å²) in [6.45, 7) is 2.44. The molecule has 4 nitrogen and oxygen atoms in total. The van der Waals surface area contributed by atoms with Gasteiger partial charge in [0.05, 0.1) is 0 Å². The second kappa shape index (κ2) is 6.12. The molecule has 0 spiro atoms. The molecular formula is C15H27N3O. The highest BCUT2D eigenvalue weighted by molar-refractivity contribution is 5.74. The van der Waals surface area contributed by atoms with Crippen LogP contribution in [0.1, 0.15) is 57.8 Å². The van der Waals surface area contributed by atoms with Crippen molar-refractivity contribution < 1.29 is 4.79 Å². The molecule has 2 amide bonds. The van der Waals surface area contributed by atoms with Crippen LogP contribution in [-0.2, 0) is 0 Å². The lowest BCUT2D eigenvalue weighted by Crippen LogP contribution is -2.51. The van der Waals surface area contributed by atoms with E-state index in [0.717, 1.165) is 31.7 Å². The Hall–Kier alpha value is -0.770. The van der Waals surface area contributed by atoms with Crippen molar-refractivity contribution >= 4 is 6.03 Å². The van der Waals surface area contributed by atoms with Gasteiger partial charge in [-0.2, -0.15) is 0 Å². The van der Waals surface area contributed by atoms with Gasteiger partial charge in [0.15, 0.2) is 0 Å². The molecule has 2 saturated heterocycles. The van der Waals surface area contributed by atoms with E-state index < -0.39 is 0 Å². The smallest absolute Gasteiger partial charge is 0.315 e. The second-order valence-electron chi connectivity index (χ2n) is 6.51. The molecule has 0 bridgehead atoms. The van der Waals surface area contributed by atoms with E-state index in [1.807, 2.05) is 0 Å². The Labute approximate surface area is 116 Å². The van der Waals surface area contributed by atoms with Crippen LogP contribution in [0.25, 0.3) is 0 Å². The molecular weight excluding hydrogens is 238 g/mol. The Morgan fingerprint density at radius 1 is 0.842 bits per heavy atom. The second-order valence-corrected chi connectivity index (χ2v) is 6.51. The predicted molar refractivity (Wildman–Crippen MR) is 76.2 cm³/mol. The van der Waals surface area contributed by atoms with Gasteiger partial charge in [0.25, 0.3) is 0 Å². The highest BCUT2D eigenvalue weighted by Crippen LogP contribution is 2.26. The average Bonchev–Trinajstić information content (AvgIpc) is 2.87. The summed E-state index contributed by atoms with van der Waals surface area (Å²) in [5, 5.41) is 6.36. The van der Waals surface area contributed by atoms with Crippen LogP contribution in [-0.4, -0.2) is 42.1 Å². The number of hydrogen-bond acceptors (Lipinski definition) is 2. The number of fused-ring (bicyclic) bond motifs is 1. The number of urea groups is 1.